The van der Waals surface area contributed by atoms with Crippen LogP contribution in [0.3, 0.4) is 0 Å². The Balaban J connectivity index is 4.78. The highest BCUT2D eigenvalue weighted by atomic mass is 16.4. The van der Waals surface area contributed by atoms with Crippen molar-refractivity contribution in [1.82, 2.24) is 10.2 Å². The van der Waals surface area contributed by atoms with Gasteiger partial charge >= 0.3 is 12.0 Å². The molecule has 0 rings (SSSR count). The summed E-state index contributed by atoms with van der Waals surface area (Å²) in [6.07, 6.45) is 0. The highest BCUT2D eigenvalue weighted by Gasteiger charge is 2.28. The number of carboxylic acid groups (broad SMARTS) is 1. The van der Waals surface area contributed by atoms with Crippen molar-refractivity contribution in [3.8, 4) is 0 Å². The minimum Gasteiger partial charge on any atom is -0.480 e. The number of urea groups is 1. The van der Waals surface area contributed by atoms with Crippen LogP contribution in [0.1, 0.15) is 20.8 Å². The maximum atomic E-state index is 12.0. The van der Waals surface area contributed by atoms with Gasteiger partial charge in [0.05, 0.1) is 0 Å². The van der Waals surface area contributed by atoms with Gasteiger partial charge in [-0.1, -0.05) is 13.8 Å². The van der Waals surface area contributed by atoms with Gasteiger partial charge in [0.25, 0.3) is 0 Å². The molecule has 0 heterocycles. The zero-order chi connectivity index (χ0) is 13.6. The molecule has 0 spiro atoms. The average molecular weight is 245 g/mol. The van der Waals surface area contributed by atoms with Crippen molar-refractivity contribution in [3.63, 3.8) is 0 Å². The number of primary amides is 1. The summed E-state index contributed by atoms with van der Waals surface area (Å²) in [4.78, 5) is 34.5. The van der Waals surface area contributed by atoms with Crippen molar-refractivity contribution < 1.29 is 19.5 Å². The zero-order valence-corrected chi connectivity index (χ0v) is 10.3. The van der Waals surface area contributed by atoms with Crippen LogP contribution in [0, 0.1) is 5.92 Å². The molecule has 98 valence electrons. The van der Waals surface area contributed by atoms with Gasteiger partial charge in [0.1, 0.15) is 12.6 Å². The van der Waals surface area contributed by atoms with Crippen LogP contribution in [0.4, 0.5) is 4.79 Å². The fourth-order valence-electron chi connectivity index (χ4n) is 1.37. The minimum absolute atomic E-state index is 0.169. The molecule has 0 bridgehead atoms. The summed E-state index contributed by atoms with van der Waals surface area (Å²) in [5.74, 6) is -1.71. The van der Waals surface area contributed by atoms with Gasteiger partial charge in [-0.2, -0.15) is 0 Å². The Hall–Kier alpha value is -1.79. The number of likely N-dealkylation sites (N-methyl/N-ethyl adjacent to an activating group) is 1. The van der Waals surface area contributed by atoms with E-state index in [1.54, 1.807) is 20.8 Å². The summed E-state index contributed by atoms with van der Waals surface area (Å²) in [6.45, 7) is 5.02. The summed E-state index contributed by atoms with van der Waals surface area (Å²) in [5.41, 5.74) is 4.97. The van der Waals surface area contributed by atoms with Crippen LogP contribution in [0.5, 0.6) is 0 Å². The number of carbonyl (C=O) groups is 3. The first-order valence-electron chi connectivity index (χ1n) is 5.36. The monoisotopic (exact) mass is 245 g/mol. The van der Waals surface area contributed by atoms with Gasteiger partial charge in [-0.3, -0.25) is 9.59 Å². The molecular weight excluding hydrogens is 226 g/mol. The van der Waals surface area contributed by atoms with Gasteiger partial charge in [0, 0.05) is 6.54 Å². The summed E-state index contributed by atoms with van der Waals surface area (Å²) >= 11 is 0. The molecule has 0 radical (unpaired) electrons. The SMILES string of the molecule is CCN(CC(=O)O)C(=O)C(NC(N)=O)C(C)C. The second-order valence-corrected chi connectivity index (χ2v) is 3.98. The normalized spacial score (nSPS) is 12.0. The number of amides is 3. The highest BCUT2D eigenvalue weighted by Crippen LogP contribution is 2.06. The molecular formula is C10H19N3O4. The van der Waals surface area contributed by atoms with Crippen LogP contribution in [0.25, 0.3) is 0 Å². The molecule has 17 heavy (non-hydrogen) atoms. The molecule has 0 aromatic heterocycles. The summed E-state index contributed by atoms with van der Waals surface area (Å²) in [5, 5.41) is 11.0. The quantitative estimate of drug-likeness (QED) is 0.591. The van der Waals surface area contributed by atoms with Gasteiger partial charge in [0.15, 0.2) is 0 Å². The van der Waals surface area contributed by atoms with Crippen LogP contribution >= 0.6 is 0 Å². The Kier molecular flexibility index (Phi) is 6.01. The summed E-state index contributed by atoms with van der Waals surface area (Å²) < 4.78 is 0. The first-order valence-corrected chi connectivity index (χ1v) is 5.36. The number of rotatable bonds is 6. The van der Waals surface area contributed by atoms with Gasteiger partial charge in [-0.05, 0) is 12.8 Å². The third-order valence-electron chi connectivity index (χ3n) is 2.25. The van der Waals surface area contributed by atoms with E-state index in [9.17, 15) is 14.4 Å². The van der Waals surface area contributed by atoms with Crippen LogP contribution in [0.2, 0.25) is 0 Å². The molecule has 0 aromatic rings. The fourth-order valence-corrected chi connectivity index (χ4v) is 1.37. The number of carboxylic acids is 1. The number of hydrogen-bond acceptors (Lipinski definition) is 3. The Morgan fingerprint density at radius 2 is 1.88 bits per heavy atom. The molecule has 1 atom stereocenters. The van der Waals surface area contributed by atoms with E-state index in [-0.39, 0.29) is 19.0 Å². The minimum atomic E-state index is -1.10. The predicted octanol–water partition coefficient (Wildman–Crippen LogP) is -0.388. The fraction of sp³-hybridized carbons (Fsp3) is 0.700. The first-order chi connectivity index (χ1) is 7.79. The molecule has 0 fully saturated rings. The van der Waals surface area contributed by atoms with E-state index >= 15 is 0 Å². The topological polar surface area (TPSA) is 113 Å². The first kappa shape index (κ1) is 15.2. The lowest BCUT2D eigenvalue weighted by molar-refractivity contribution is -0.145. The van der Waals surface area contributed by atoms with Crippen molar-refractivity contribution in [3.05, 3.63) is 0 Å². The molecule has 0 aromatic carbocycles. The highest BCUT2D eigenvalue weighted by molar-refractivity contribution is 5.88. The molecule has 0 aliphatic carbocycles. The van der Waals surface area contributed by atoms with E-state index in [0.717, 1.165) is 4.90 Å². The van der Waals surface area contributed by atoms with E-state index in [4.69, 9.17) is 10.8 Å². The summed E-state index contributed by atoms with van der Waals surface area (Å²) in [6, 6.07) is -1.60. The molecule has 0 saturated carbocycles. The second kappa shape index (κ2) is 6.72. The lowest BCUT2D eigenvalue weighted by Crippen LogP contribution is -2.53. The molecule has 0 aliphatic rings. The van der Waals surface area contributed by atoms with E-state index in [1.165, 1.54) is 0 Å². The van der Waals surface area contributed by atoms with Gasteiger partial charge in [-0.15, -0.1) is 0 Å². The van der Waals surface area contributed by atoms with Crippen molar-refractivity contribution in [1.29, 1.82) is 0 Å². The number of nitrogens with one attached hydrogen (secondary N) is 1. The number of nitrogens with two attached hydrogens (primary N) is 1. The molecule has 7 heteroatoms. The van der Waals surface area contributed by atoms with Crippen LogP contribution in [0.15, 0.2) is 0 Å². The van der Waals surface area contributed by atoms with E-state index in [2.05, 4.69) is 5.32 Å². The lowest BCUT2D eigenvalue weighted by Gasteiger charge is -2.27. The van der Waals surface area contributed by atoms with Crippen molar-refractivity contribution in [2.75, 3.05) is 13.1 Å². The molecule has 7 nitrogen and oxygen atoms in total. The Morgan fingerprint density at radius 1 is 1.35 bits per heavy atom. The van der Waals surface area contributed by atoms with Crippen molar-refractivity contribution in [2.24, 2.45) is 11.7 Å². The van der Waals surface area contributed by atoms with Gasteiger partial charge in [-0.25, -0.2) is 4.79 Å². The largest absolute Gasteiger partial charge is 0.480 e. The van der Waals surface area contributed by atoms with Gasteiger partial charge < -0.3 is 21.1 Å². The molecule has 4 N–H and O–H groups in total. The predicted molar refractivity (Wildman–Crippen MR) is 61.2 cm³/mol. The molecule has 1 unspecified atom stereocenters. The van der Waals surface area contributed by atoms with Crippen molar-refractivity contribution >= 4 is 17.9 Å². The van der Waals surface area contributed by atoms with Crippen LogP contribution < -0.4 is 11.1 Å². The number of carbonyl (C=O) groups excluding carboxylic acids is 2. The number of hydrogen-bond donors (Lipinski definition) is 3. The van der Waals surface area contributed by atoms with E-state index in [0.29, 0.717) is 0 Å². The van der Waals surface area contributed by atoms with E-state index in [1.807, 2.05) is 0 Å². The molecule has 3 amide bonds. The maximum absolute atomic E-state index is 12.0. The number of nitrogens with zero attached hydrogens (tertiary/aromatic N) is 1. The standard InChI is InChI=1S/C10H19N3O4/c1-4-13(5-7(14)15)9(16)8(6(2)3)12-10(11)17/h6,8H,4-5H2,1-3H3,(H,14,15)(H3,11,12,17). The Morgan fingerprint density at radius 3 is 2.18 bits per heavy atom. The lowest BCUT2D eigenvalue weighted by atomic mass is 10.0. The van der Waals surface area contributed by atoms with Gasteiger partial charge in [0.2, 0.25) is 5.91 Å². The third kappa shape index (κ3) is 5.19. The van der Waals surface area contributed by atoms with Crippen LogP contribution in [-0.4, -0.2) is 47.0 Å². The second-order valence-electron chi connectivity index (χ2n) is 3.98. The Bertz CT molecular complexity index is 304. The molecule has 0 aliphatic heterocycles. The maximum Gasteiger partial charge on any atom is 0.323 e. The summed E-state index contributed by atoms with van der Waals surface area (Å²) in [7, 11) is 0. The smallest absolute Gasteiger partial charge is 0.323 e. The zero-order valence-electron chi connectivity index (χ0n) is 10.3. The average Bonchev–Trinajstić information content (AvgIpc) is 2.20. The number of aliphatic carboxylic acids is 1. The van der Waals surface area contributed by atoms with Crippen molar-refractivity contribution in [2.45, 2.75) is 26.8 Å². The van der Waals surface area contributed by atoms with E-state index < -0.39 is 23.9 Å². The Labute approximate surface area is 100.0 Å². The third-order valence-corrected chi connectivity index (χ3v) is 2.25. The molecule has 0 saturated heterocycles. The van der Waals surface area contributed by atoms with Crippen LogP contribution in [-0.2, 0) is 9.59 Å².